The maximum absolute atomic E-state index is 12.1. The zero-order valence-electron chi connectivity index (χ0n) is 10.4. The number of halogens is 3. The van der Waals surface area contributed by atoms with Crippen LogP contribution in [0.3, 0.4) is 0 Å². The molecule has 0 aliphatic rings. The van der Waals surface area contributed by atoms with Crippen LogP contribution in [0, 0.1) is 6.92 Å². The zero-order valence-corrected chi connectivity index (χ0v) is 10.4. The minimum atomic E-state index is -4.75. The van der Waals surface area contributed by atoms with Gasteiger partial charge in [-0.2, -0.15) is 0 Å². The molecule has 106 valence electrons. The summed E-state index contributed by atoms with van der Waals surface area (Å²) in [6.45, 7) is 1.72. The molecule has 0 heterocycles. The molecule has 0 aliphatic carbocycles. The van der Waals surface area contributed by atoms with Gasteiger partial charge in [-0.15, -0.1) is 13.2 Å². The maximum atomic E-state index is 12.1. The van der Waals surface area contributed by atoms with Crippen LogP contribution in [0.4, 0.5) is 13.2 Å². The number of ether oxygens (including phenoxy) is 2. The first-order valence-electron chi connectivity index (χ1n) is 5.67. The summed E-state index contributed by atoms with van der Waals surface area (Å²) < 4.78 is 45.5. The molecule has 1 N–H and O–H groups in total. The van der Waals surface area contributed by atoms with E-state index in [2.05, 4.69) is 4.74 Å². The highest BCUT2D eigenvalue weighted by Gasteiger charge is 2.31. The van der Waals surface area contributed by atoms with Crippen molar-refractivity contribution in [1.29, 1.82) is 0 Å². The van der Waals surface area contributed by atoms with Crippen molar-refractivity contribution in [2.75, 3.05) is 0 Å². The van der Waals surface area contributed by atoms with Gasteiger partial charge in [-0.25, -0.2) is 0 Å². The van der Waals surface area contributed by atoms with Gasteiger partial charge in [-0.1, -0.05) is 12.1 Å². The third-order valence-electron chi connectivity index (χ3n) is 2.46. The minimum absolute atomic E-state index is 0.0465. The molecule has 0 atom stereocenters. The molecule has 0 saturated heterocycles. The van der Waals surface area contributed by atoms with Crippen molar-refractivity contribution < 1.29 is 27.8 Å². The number of hydrogen-bond donors (Lipinski definition) is 1. The fourth-order valence-electron chi connectivity index (χ4n) is 1.52. The molecule has 0 bridgehead atoms. The summed E-state index contributed by atoms with van der Waals surface area (Å²) in [5, 5.41) is 9.53. The molecule has 0 unspecified atom stereocenters. The molecule has 0 aliphatic heterocycles. The van der Waals surface area contributed by atoms with E-state index >= 15 is 0 Å². The highest BCUT2D eigenvalue weighted by atomic mass is 19.4. The SMILES string of the molecule is Cc1ccc(Oc2cccc(OC(F)(F)F)c2)cc1O. The second kappa shape index (κ2) is 5.32. The van der Waals surface area contributed by atoms with Crippen molar-refractivity contribution in [2.24, 2.45) is 0 Å². The number of aromatic hydroxyl groups is 1. The lowest BCUT2D eigenvalue weighted by molar-refractivity contribution is -0.274. The lowest BCUT2D eigenvalue weighted by Gasteiger charge is -2.11. The molecule has 6 heteroatoms. The van der Waals surface area contributed by atoms with Crippen LogP contribution < -0.4 is 9.47 Å². The zero-order chi connectivity index (χ0) is 14.8. The first-order chi connectivity index (χ1) is 9.33. The van der Waals surface area contributed by atoms with Crippen LogP contribution >= 0.6 is 0 Å². The Kier molecular flexibility index (Phi) is 3.74. The molecule has 0 amide bonds. The second-order valence-electron chi connectivity index (χ2n) is 4.07. The number of phenolic OH excluding ortho intramolecular Hbond substituents is 1. The molecular formula is C14H11F3O3. The summed E-state index contributed by atoms with van der Waals surface area (Å²) in [5.74, 6) is 0.170. The summed E-state index contributed by atoms with van der Waals surface area (Å²) in [7, 11) is 0. The average Bonchev–Trinajstić information content (AvgIpc) is 2.32. The monoisotopic (exact) mass is 284 g/mol. The summed E-state index contributed by atoms with van der Waals surface area (Å²) in [5.41, 5.74) is 0.673. The highest BCUT2D eigenvalue weighted by molar-refractivity contribution is 5.42. The van der Waals surface area contributed by atoms with E-state index in [1.165, 1.54) is 24.3 Å². The quantitative estimate of drug-likeness (QED) is 0.908. The number of phenols is 1. The highest BCUT2D eigenvalue weighted by Crippen LogP contribution is 2.30. The van der Waals surface area contributed by atoms with Crippen LogP contribution in [0.15, 0.2) is 42.5 Å². The van der Waals surface area contributed by atoms with Gasteiger partial charge in [0.25, 0.3) is 0 Å². The molecule has 0 aromatic heterocycles. The molecule has 0 fully saturated rings. The van der Waals surface area contributed by atoms with Gasteiger partial charge in [-0.05, 0) is 30.7 Å². The van der Waals surface area contributed by atoms with E-state index in [1.807, 2.05) is 0 Å². The number of alkyl halides is 3. The first-order valence-corrected chi connectivity index (χ1v) is 5.67. The van der Waals surface area contributed by atoms with E-state index in [-0.39, 0.29) is 17.2 Å². The van der Waals surface area contributed by atoms with Gasteiger partial charge in [-0.3, -0.25) is 0 Å². The molecule has 0 spiro atoms. The summed E-state index contributed by atoms with van der Waals surface area (Å²) in [6, 6.07) is 9.78. The molecule has 0 saturated carbocycles. The van der Waals surface area contributed by atoms with Crippen molar-refractivity contribution in [2.45, 2.75) is 13.3 Å². The Morgan fingerprint density at radius 3 is 2.25 bits per heavy atom. The molecule has 2 aromatic rings. The van der Waals surface area contributed by atoms with Crippen LogP contribution in [-0.2, 0) is 0 Å². The fraction of sp³-hybridized carbons (Fsp3) is 0.143. The predicted molar refractivity (Wildman–Crippen MR) is 66.0 cm³/mol. The molecular weight excluding hydrogens is 273 g/mol. The Hall–Kier alpha value is -2.37. The standard InChI is InChI=1S/C14H11F3O3/c1-9-5-6-11(8-13(9)18)19-10-3-2-4-12(7-10)20-14(15,16)17/h2-8,18H,1H3. The van der Waals surface area contributed by atoms with Gasteiger partial charge in [0.1, 0.15) is 23.0 Å². The number of benzene rings is 2. The van der Waals surface area contributed by atoms with E-state index in [9.17, 15) is 18.3 Å². The van der Waals surface area contributed by atoms with E-state index in [4.69, 9.17) is 4.74 Å². The van der Waals surface area contributed by atoms with Gasteiger partial charge in [0.05, 0.1) is 0 Å². The van der Waals surface area contributed by atoms with E-state index in [1.54, 1.807) is 19.1 Å². The maximum Gasteiger partial charge on any atom is 0.573 e. The van der Waals surface area contributed by atoms with Gasteiger partial charge >= 0.3 is 6.36 Å². The van der Waals surface area contributed by atoms with E-state index in [0.29, 0.717) is 11.3 Å². The average molecular weight is 284 g/mol. The smallest absolute Gasteiger partial charge is 0.508 e. The van der Waals surface area contributed by atoms with Gasteiger partial charge in [0.15, 0.2) is 0 Å². The Balaban J connectivity index is 2.17. The number of rotatable bonds is 3. The number of aryl methyl sites for hydroxylation is 1. The van der Waals surface area contributed by atoms with Crippen molar-refractivity contribution in [3.05, 3.63) is 48.0 Å². The molecule has 0 radical (unpaired) electrons. The third-order valence-corrected chi connectivity index (χ3v) is 2.46. The Labute approximate surface area is 113 Å². The molecule has 2 aromatic carbocycles. The summed E-state index contributed by atoms with van der Waals surface area (Å²) in [4.78, 5) is 0. The molecule has 3 nitrogen and oxygen atoms in total. The van der Waals surface area contributed by atoms with Gasteiger partial charge < -0.3 is 14.6 Å². The van der Waals surface area contributed by atoms with E-state index in [0.717, 1.165) is 6.07 Å². The largest absolute Gasteiger partial charge is 0.573 e. The van der Waals surface area contributed by atoms with Crippen molar-refractivity contribution >= 4 is 0 Å². The first kappa shape index (κ1) is 14.0. The van der Waals surface area contributed by atoms with E-state index < -0.39 is 6.36 Å². The van der Waals surface area contributed by atoms with Crippen molar-refractivity contribution in [3.63, 3.8) is 0 Å². The van der Waals surface area contributed by atoms with Crippen LogP contribution in [0.2, 0.25) is 0 Å². The summed E-state index contributed by atoms with van der Waals surface area (Å²) >= 11 is 0. The lowest BCUT2D eigenvalue weighted by Crippen LogP contribution is -2.16. The van der Waals surface area contributed by atoms with Gasteiger partial charge in [0.2, 0.25) is 0 Å². The topological polar surface area (TPSA) is 38.7 Å². The third kappa shape index (κ3) is 3.81. The lowest BCUT2D eigenvalue weighted by atomic mass is 10.2. The Morgan fingerprint density at radius 1 is 0.950 bits per heavy atom. The predicted octanol–water partition coefficient (Wildman–Crippen LogP) is 4.39. The van der Waals surface area contributed by atoms with Crippen molar-refractivity contribution in [3.8, 4) is 23.0 Å². The van der Waals surface area contributed by atoms with Crippen LogP contribution in [0.5, 0.6) is 23.0 Å². The molecule has 20 heavy (non-hydrogen) atoms. The minimum Gasteiger partial charge on any atom is -0.508 e. The number of hydrogen-bond acceptors (Lipinski definition) is 3. The fourth-order valence-corrected chi connectivity index (χ4v) is 1.52. The van der Waals surface area contributed by atoms with Crippen molar-refractivity contribution in [1.82, 2.24) is 0 Å². The van der Waals surface area contributed by atoms with Crippen LogP contribution in [-0.4, -0.2) is 11.5 Å². The second-order valence-corrected chi connectivity index (χ2v) is 4.07. The van der Waals surface area contributed by atoms with Crippen LogP contribution in [0.1, 0.15) is 5.56 Å². The normalized spacial score (nSPS) is 11.2. The van der Waals surface area contributed by atoms with Crippen LogP contribution in [0.25, 0.3) is 0 Å². The Bertz CT molecular complexity index is 609. The molecule has 2 rings (SSSR count). The van der Waals surface area contributed by atoms with Gasteiger partial charge in [0, 0.05) is 12.1 Å². The summed E-state index contributed by atoms with van der Waals surface area (Å²) in [6.07, 6.45) is -4.75. The Morgan fingerprint density at radius 2 is 1.60 bits per heavy atom.